The molecular formula is C25H30N6O3. The SMILES string of the molecule is COCCOCCn1cnc2c(N3CCOCC3)cc(-n3ccc(-c4cccc(C)c4)n3)nc21. The smallest absolute Gasteiger partial charge is 0.164 e. The number of rotatable bonds is 9. The number of fused-ring (bicyclic) bond motifs is 1. The fourth-order valence-corrected chi connectivity index (χ4v) is 4.15. The minimum absolute atomic E-state index is 0.562. The van der Waals surface area contributed by atoms with Crippen molar-refractivity contribution in [1.29, 1.82) is 0 Å². The van der Waals surface area contributed by atoms with Crippen molar-refractivity contribution < 1.29 is 14.2 Å². The molecule has 1 aliphatic heterocycles. The van der Waals surface area contributed by atoms with Gasteiger partial charge in [0, 0.05) is 44.6 Å². The van der Waals surface area contributed by atoms with Gasteiger partial charge in [-0.05, 0) is 19.1 Å². The number of imidazole rings is 1. The summed E-state index contributed by atoms with van der Waals surface area (Å²) in [5.41, 5.74) is 5.97. The second kappa shape index (κ2) is 10.3. The highest BCUT2D eigenvalue weighted by atomic mass is 16.5. The van der Waals surface area contributed by atoms with Crippen molar-refractivity contribution in [2.45, 2.75) is 13.5 Å². The Kier molecular flexibility index (Phi) is 6.84. The van der Waals surface area contributed by atoms with Crippen LogP contribution in [0.4, 0.5) is 5.69 Å². The van der Waals surface area contributed by atoms with E-state index < -0.39 is 0 Å². The summed E-state index contributed by atoms with van der Waals surface area (Å²) in [5.74, 6) is 0.759. The predicted octanol–water partition coefficient (Wildman–Crippen LogP) is 3.09. The molecule has 3 aromatic heterocycles. The van der Waals surface area contributed by atoms with Crippen molar-refractivity contribution in [3.63, 3.8) is 0 Å². The van der Waals surface area contributed by atoms with Crippen LogP contribution < -0.4 is 4.90 Å². The van der Waals surface area contributed by atoms with Crippen LogP contribution in [0.2, 0.25) is 0 Å². The topological polar surface area (TPSA) is 79.5 Å². The van der Waals surface area contributed by atoms with Crippen LogP contribution in [0.25, 0.3) is 28.2 Å². The van der Waals surface area contributed by atoms with Crippen molar-refractivity contribution >= 4 is 16.9 Å². The van der Waals surface area contributed by atoms with Gasteiger partial charge in [0.2, 0.25) is 0 Å². The largest absolute Gasteiger partial charge is 0.382 e. The molecule has 0 bridgehead atoms. The van der Waals surface area contributed by atoms with Crippen LogP contribution in [0.5, 0.6) is 0 Å². The lowest BCUT2D eigenvalue weighted by atomic mass is 10.1. The first-order valence-electron chi connectivity index (χ1n) is 11.6. The molecule has 0 atom stereocenters. The Bertz CT molecular complexity index is 1240. The molecule has 1 aromatic carbocycles. The Labute approximate surface area is 198 Å². The van der Waals surface area contributed by atoms with Crippen molar-refractivity contribution in [2.24, 2.45) is 0 Å². The summed E-state index contributed by atoms with van der Waals surface area (Å²) in [6, 6.07) is 12.5. The number of ether oxygens (including phenoxy) is 3. The van der Waals surface area contributed by atoms with E-state index in [2.05, 4.69) is 42.2 Å². The molecule has 0 unspecified atom stereocenters. The molecule has 0 N–H and O–H groups in total. The summed E-state index contributed by atoms with van der Waals surface area (Å²) in [4.78, 5) is 12.0. The molecule has 0 amide bonds. The zero-order valence-corrected chi connectivity index (χ0v) is 19.7. The summed E-state index contributed by atoms with van der Waals surface area (Å²) < 4.78 is 20.2. The Balaban J connectivity index is 1.50. The number of hydrogen-bond acceptors (Lipinski definition) is 7. The lowest BCUT2D eigenvalue weighted by Gasteiger charge is -2.29. The molecule has 0 saturated carbocycles. The maximum absolute atomic E-state index is 5.67. The van der Waals surface area contributed by atoms with E-state index in [0.29, 0.717) is 39.6 Å². The summed E-state index contributed by atoms with van der Waals surface area (Å²) in [5, 5.41) is 4.84. The van der Waals surface area contributed by atoms with Crippen LogP contribution in [-0.4, -0.2) is 77.5 Å². The standard InChI is InChI=1S/C25H30N6O3/c1-19-4-3-5-20(16-19)21-6-7-31(28-21)23-17-22(29-8-11-33-12-9-29)24-25(27-23)30(18-26-24)10-13-34-15-14-32-2/h3-7,16-18H,8-15H2,1-2H3. The van der Waals surface area contributed by atoms with Gasteiger partial charge in [-0.3, -0.25) is 0 Å². The monoisotopic (exact) mass is 462 g/mol. The van der Waals surface area contributed by atoms with Gasteiger partial charge in [0.05, 0.1) is 50.7 Å². The lowest BCUT2D eigenvalue weighted by molar-refractivity contribution is 0.0669. The third-order valence-corrected chi connectivity index (χ3v) is 5.94. The third-order valence-electron chi connectivity index (χ3n) is 5.94. The first kappa shape index (κ1) is 22.5. The first-order valence-corrected chi connectivity index (χ1v) is 11.6. The zero-order valence-electron chi connectivity index (χ0n) is 19.7. The maximum atomic E-state index is 5.67. The average Bonchev–Trinajstić information content (AvgIpc) is 3.52. The third kappa shape index (κ3) is 4.82. The average molecular weight is 463 g/mol. The molecule has 4 heterocycles. The summed E-state index contributed by atoms with van der Waals surface area (Å²) in [7, 11) is 1.67. The van der Waals surface area contributed by atoms with E-state index in [1.165, 1.54) is 5.56 Å². The van der Waals surface area contributed by atoms with Crippen LogP contribution in [0, 0.1) is 6.92 Å². The van der Waals surface area contributed by atoms with Gasteiger partial charge in [0.25, 0.3) is 0 Å². The first-order chi connectivity index (χ1) is 16.7. The number of aromatic nitrogens is 5. The Hall–Kier alpha value is -3.27. The molecule has 9 heteroatoms. The van der Waals surface area contributed by atoms with Gasteiger partial charge in [0.15, 0.2) is 11.5 Å². The van der Waals surface area contributed by atoms with Crippen molar-refractivity contribution in [1.82, 2.24) is 24.3 Å². The molecule has 34 heavy (non-hydrogen) atoms. The molecule has 0 aliphatic carbocycles. The van der Waals surface area contributed by atoms with Crippen LogP contribution in [-0.2, 0) is 20.8 Å². The highest BCUT2D eigenvalue weighted by molar-refractivity contribution is 5.87. The molecule has 1 aliphatic rings. The number of hydrogen-bond donors (Lipinski definition) is 0. The van der Waals surface area contributed by atoms with E-state index in [0.717, 1.165) is 47.0 Å². The van der Waals surface area contributed by atoms with E-state index in [4.69, 9.17) is 29.3 Å². The van der Waals surface area contributed by atoms with Crippen LogP contribution in [0.1, 0.15) is 5.56 Å². The number of aryl methyl sites for hydroxylation is 1. The minimum atomic E-state index is 0.562. The molecule has 4 aromatic rings. The van der Waals surface area contributed by atoms with E-state index >= 15 is 0 Å². The predicted molar refractivity (Wildman–Crippen MR) is 131 cm³/mol. The molecule has 178 valence electrons. The molecule has 0 spiro atoms. The summed E-state index contributed by atoms with van der Waals surface area (Å²) >= 11 is 0. The van der Waals surface area contributed by atoms with E-state index in [1.54, 1.807) is 7.11 Å². The van der Waals surface area contributed by atoms with Crippen molar-refractivity contribution in [3.8, 4) is 17.1 Å². The maximum Gasteiger partial charge on any atom is 0.164 e. The molecule has 9 nitrogen and oxygen atoms in total. The van der Waals surface area contributed by atoms with Crippen LogP contribution in [0.15, 0.2) is 48.9 Å². The fraction of sp³-hybridized carbons (Fsp3) is 0.400. The zero-order chi connectivity index (χ0) is 23.3. The lowest BCUT2D eigenvalue weighted by Crippen LogP contribution is -2.36. The van der Waals surface area contributed by atoms with E-state index in [-0.39, 0.29) is 0 Å². The molecule has 1 fully saturated rings. The van der Waals surface area contributed by atoms with E-state index in [1.807, 2.05) is 27.8 Å². The number of nitrogens with zero attached hydrogens (tertiary/aromatic N) is 6. The van der Waals surface area contributed by atoms with Gasteiger partial charge in [-0.15, -0.1) is 0 Å². The second-order valence-electron chi connectivity index (χ2n) is 8.33. The number of pyridine rings is 1. The van der Waals surface area contributed by atoms with Gasteiger partial charge in [0.1, 0.15) is 5.52 Å². The summed E-state index contributed by atoms with van der Waals surface area (Å²) in [6.45, 7) is 7.49. The Morgan fingerprint density at radius 2 is 1.94 bits per heavy atom. The number of anilines is 1. The van der Waals surface area contributed by atoms with E-state index in [9.17, 15) is 0 Å². The van der Waals surface area contributed by atoms with Gasteiger partial charge < -0.3 is 23.7 Å². The number of morpholine rings is 1. The fourth-order valence-electron chi connectivity index (χ4n) is 4.15. The van der Waals surface area contributed by atoms with Crippen molar-refractivity contribution in [2.75, 3.05) is 58.1 Å². The highest BCUT2D eigenvalue weighted by Crippen LogP contribution is 2.28. The van der Waals surface area contributed by atoms with Gasteiger partial charge in [-0.2, -0.15) is 5.10 Å². The summed E-state index contributed by atoms with van der Waals surface area (Å²) in [6.07, 6.45) is 3.80. The Morgan fingerprint density at radius 1 is 1.06 bits per heavy atom. The number of benzene rings is 1. The minimum Gasteiger partial charge on any atom is -0.382 e. The van der Waals surface area contributed by atoms with Gasteiger partial charge in [-0.25, -0.2) is 14.6 Å². The molecule has 5 rings (SSSR count). The molecular weight excluding hydrogens is 432 g/mol. The number of methoxy groups -OCH3 is 1. The van der Waals surface area contributed by atoms with Gasteiger partial charge in [-0.1, -0.05) is 23.8 Å². The van der Waals surface area contributed by atoms with Crippen molar-refractivity contribution in [3.05, 3.63) is 54.5 Å². The Morgan fingerprint density at radius 3 is 2.76 bits per heavy atom. The van der Waals surface area contributed by atoms with Crippen LogP contribution >= 0.6 is 0 Å². The highest BCUT2D eigenvalue weighted by Gasteiger charge is 2.20. The quantitative estimate of drug-likeness (QED) is 0.354. The molecule has 1 saturated heterocycles. The normalized spacial score (nSPS) is 14.2. The second-order valence-corrected chi connectivity index (χ2v) is 8.33. The molecule has 0 radical (unpaired) electrons. The van der Waals surface area contributed by atoms with Gasteiger partial charge >= 0.3 is 0 Å². The van der Waals surface area contributed by atoms with Crippen LogP contribution in [0.3, 0.4) is 0 Å².